The predicted octanol–water partition coefficient (Wildman–Crippen LogP) is 0.968. The van der Waals surface area contributed by atoms with Crippen LogP contribution in [0.15, 0.2) is 17.2 Å². The quantitative estimate of drug-likeness (QED) is 0.686. The van der Waals surface area contributed by atoms with Gasteiger partial charge in [-0.2, -0.15) is 0 Å². The van der Waals surface area contributed by atoms with E-state index in [4.69, 9.17) is 0 Å². The van der Waals surface area contributed by atoms with Gasteiger partial charge in [0, 0.05) is 12.4 Å². The standard InChI is InChI=1S/C8H12N2O/c1-6(2)3-7-4-9-8(11)10-5-7/h4-6H,3H2,1-2H3,(H,9,10,11). The van der Waals surface area contributed by atoms with E-state index in [1.54, 1.807) is 12.4 Å². The molecule has 0 saturated heterocycles. The Balaban J connectivity index is 2.74. The normalized spacial score (nSPS) is 10.5. The zero-order chi connectivity index (χ0) is 8.27. The lowest BCUT2D eigenvalue weighted by Crippen LogP contribution is -2.09. The lowest BCUT2D eigenvalue weighted by atomic mass is 10.1. The molecule has 0 atom stereocenters. The SMILES string of the molecule is CC(C)Cc1cnc(=O)[nH]c1. The van der Waals surface area contributed by atoms with E-state index in [1.807, 2.05) is 0 Å². The van der Waals surface area contributed by atoms with Crippen LogP contribution in [0.3, 0.4) is 0 Å². The first-order valence-electron chi connectivity index (χ1n) is 3.72. The van der Waals surface area contributed by atoms with Gasteiger partial charge >= 0.3 is 5.69 Å². The number of nitrogens with zero attached hydrogens (tertiary/aromatic N) is 1. The molecule has 1 rings (SSSR count). The second-order valence-electron chi connectivity index (χ2n) is 3.02. The van der Waals surface area contributed by atoms with Crippen molar-refractivity contribution in [1.82, 2.24) is 9.97 Å². The van der Waals surface area contributed by atoms with Gasteiger partial charge in [-0.3, -0.25) is 0 Å². The molecular weight excluding hydrogens is 140 g/mol. The molecule has 1 aromatic heterocycles. The summed E-state index contributed by atoms with van der Waals surface area (Å²) < 4.78 is 0. The summed E-state index contributed by atoms with van der Waals surface area (Å²) >= 11 is 0. The molecule has 0 spiro atoms. The first-order valence-corrected chi connectivity index (χ1v) is 3.72. The Labute approximate surface area is 65.5 Å². The van der Waals surface area contributed by atoms with Crippen LogP contribution in [0.4, 0.5) is 0 Å². The van der Waals surface area contributed by atoms with Crippen LogP contribution >= 0.6 is 0 Å². The summed E-state index contributed by atoms with van der Waals surface area (Å²) in [5.74, 6) is 0.600. The van der Waals surface area contributed by atoms with Gasteiger partial charge in [-0.15, -0.1) is 0 Å². The van der Waals surface area contributed by atoms with Crippen molar-refractivity contribution >= 4 is 0 Å². The largest absolute Gasteiger partial charge is 0.344 e. The lowest BCUT2D eigenvalue weighted by Gasteiger charge is -2.01. The molecular formula is C8H12N2O. The number of aromatic nitrogens is 2. The first-order chi connectivity index (χ1) is 5.18. The van der Waals surface area contributed by atoms with Gasteiger partial charge in [-0.05, 0) is 17.9 Å². The summed E-state index contributed by atoms with van der Waals surface area (Å²) in [6, 6.07) is 0. The summed E-state index contributed by atoms with van der Waals surface area (Å²) in [5.41, 5.74) is 0.803. The van der Waals surface area contributed by atoms with Crippen LogP contribution in [-0.2, 0) is 6.42 Å². The molecule has 0 aliphatic rings. The smallest absolute Gasteiger partial charge is 0.312 e. The Morgan fingerprint density at radius 2 is 2.36 bits per heavy atom. The molecule has 1 heterocycles. The van der Waals surface area contributed by atoms with E-state index in [0.29, 0.717) is 5.92 Å². The van der Waals surface area contributed by atoms with Crippen LogP contribution in [0.2, 0.25) is 0 Å². The van der Waals surface area contributed by atoms with Gasteiger partial charge in [0.05, 0.1) is 0 Å². The number of hydrogen-bond donors (Lipinski definition) is 1. The molecule has 0 aliphatic heterocycles. The average Bonchev–Trinajstić information content (AvgIpc) is 1.93. The zero-order valence-electron chi connectivity index (χ0n) is 6.79. The maximum atomic E-state index is 10.5. The van der Waals surface area contributed by atoms with E-state index >= 15 is 0 Å². The highest BCUT2D eigenvalue weighted by molar-refractivity contribution is 5.02. The highest BCUT2D eigenvalue weighted by Gasteiger charge is 1.96. The van der Waals surface area contributed by atoms with Gasteiger partial charge < -0.3 is 4.98 Å². The molecule has 0 radical (unpaired) electrons. The molecule has 11 heavy (non-hydrogen) atoms. The predicted molar refractivity (Wildman–Crippen MR) is 43.4 cm³/mol. The van der Waals surface area contributed by atoms with Gasteiger partial charge in [0.15, 0.2) is 0 Å². The summed E-state index contributed by atoms with van der Waals surface area (Å²) in [6.45, 7) is 4.26. The number of aromatic amines is 1. The Bertz CT molecular complexity index is 257. The maximum Gasteiger partial charge on any atom is 0.344 e. The molecule has 1 aromatic rings. The lowest BCUT2D eigenvalue weighted by molar-refractivity contribution is 0.642. The topological polar surface area (TPSA) is 45.8 Å². The van der Waals surface area contributed by atoms with Gasteiger partial charge in [0.2, 0.25) is 0 Å². The van der Waals surface area contributed by atoms with Crippen molar-refractivity contribution in [3.63, 3.8) is 0 Å². The monoisotopic (exact) mass is 152 g/mol. The molecule has 60 valence electrons. The molecule has 0 saturated carbocycles. The molecule has 0 amide bonds. The van der Waals surface area contributed by atoms with Gasteiger partial charge in [-0.1, -0.05) is 13.8 Å². The Morgan fingerprint density at radius 1 is 1.64 bits per heavy atom. The van der Waals surface area contributed by atoms with Gasteiger partial charge in [0.1, 0.15) is 0 Å². The second-order valence-corrected chi connectivity index (χ2v) is 3.02. The average molecular weight is 152 g/mol. The van der Waals surface area contributed by atoms with E-state index in [2.05, 4.69) is 23.8 Å². The number of rotatable bonds is 2. The third-order valence-corrected chi connectivity index (χ3v) is 1.37. The fourth-order valence-corrected chi connectivity index (χ4v) is 0.954. The van der Waals surface area contributed by atoms with Crippen molar-refractivity contribution < 1.29 is 0 Å². The van der Waals surface area contributed by atoms with E-state index in [-0.39, 0.29) is 5.69 Å². The Hall–Kier alpha value is -1.12. The van der Waals surface area contributed by atoms with Crippen molar-refractivity contribution in [3.05, 3.63) is 28.4 Å². The highest BCUT2D eigenvalue weighted by atomic mass is 16.1. The van der Waals surface area contributed by atoms with Crippen LogP contribution in [-0.4, -0.2) is 9.97 Å². The fourth-order valence-electron chi connectivity index (χ4n) is 0.954. The van der Waals surface area contributed by atoms with Gasteiger partial charge in [0.25, 0.3) is 0 Å². The van der Waals surface area contributed by atoms with Crippen LogP contribution in [0.25, 0.3) is 0 Å². The van der Waals surface area contributed by atoms with Crippen molar-refractivity contribution in [1.29, 1.82) is 0 Å². The molecule has 0 fully saturated rings. The third-order valence-electron chi connectivity index (χ3n) is 1.37. The highest BCUT2D eigenvalue weighted by Crippen LogP contribution is 2.02. The molecule has 0 unspecified atom stereocenters. The second kappa shape index (κ2) is 3.32. The van der Waals surface area contributed by atoms with E-state index in [0.717, 1.165) is 12.0 Å². The van der Waals surface area contributed by atoms with Crippen LogP contribution in [0.5, 0.6) is 0 Å². The van der Waals surface area contributed by atoms with Crippen LogP contribution in [0, 0.1) is 5.92 Å². The molecule has 0 aromatic carbocycles. The molecule has 0 bridgehead atoms. The van der Waals surface area contributed by atoms with Crippen molar-refractivity contribution in [3.8, 4) is 0 Å². The summed E-state index contributed by atoms with van der Waals surface area (Å²) in [6.07, 6.45) is 4.30. The van der Waals surface area contributed by atoms with Crippen LogP contribution in [0.1, 0.15) is 19.4 Å². The van der Waals surface area contributed by atoms with Gasteiger partial charge in [-0.25, -0.2) is 9.78 Å². The van der Waals surface area contributed by atoms with E-state index in [1.165, 1.54) is 0 Å². The van der Waals surface area contributed by atoms with Crippen LogP contribution < -0.4 is 5.69 Å². The Kier molecular flexibility index (Phi) is 2.41. The Morgan fingerprint density at radius 3 is 2.82 bits per heavy atom. The van der Waals surface area contributed by atoms with Crippen molar-refractivity contribution in [2.75, 3.05) is 0 Å². The minimum Gasteiger partial charge on any atom is -0.312 e. The van der Waals surface area contributed by atoms with E-state index in [9.17, 15) is 4.79 Å². The summed E-state index contributed by atoms with van der Waals surface area (Å²) in [7, 11) is 0. The summed E-state index contributed by atoms with van der Waals surface area (Å²) in [5, 5.41) is 0. The molecule has 1 N–H and O–H groups in total. The fraction of sp³-hybridized carbons (Fsp3) is 0.500. The third kappa shape index (κ3) is 2.53. The van der Waals surface area contributed by atoms with E-state index < -0.39 is 0 Å². The number of hydrogen-bond acceptors (Lipinski definition) is 2. The minimum atomic E-state index is -0.280. The zero-order valence-corrected chi connectivity index (χ0v) is 6.79. The maximum absolute atomic E-state index is 10.5. The molecule has 3 nitrogen and oxygen atoms in total. The number of nitrogens with one attached hydrogen (secondary N) is 1. The number of H-pyrrole nitrogens is 1. The van der Waals surface area contributed by atoms with Crippen molar-refractivity contribution in [2.24, 2.45) is 5.92 Å². The first kappa shape index (κ1) is 7.98. The molecule has 3 heteroatoms. The summed E-state index contributed by atoms with van der Waals surface area (Å²) in [4.78, 5) is 16.7. The van der Waals surface area contributed by atoms with Crippen molar-refractivity contribution in [2.45, 2.75) is 20.3 Å². The minimum absolute atomic E-state index is 0.280. The molecule has 0 aliphatic carbocycles.